The van der Waals surface area contributed by atoms with Gasteiger partial charge >= 0.3 is 0 Å². The third-order valence-corrected chi connectivity index (χ3v) is 5.06. The van der Waals surface area contributed by atoms with Crippen LogP contribution in [0.3, 0.4) is 0 Å². The van der Waals surface area contributed by atoms with Gasteiger partial charge in [0.1, 0.15) is 0 Å². The van der Waals surface area contributed by atoms with Gasteiger partial charge in [0, 0.05) is 24.7 Å². The van der Waals surface area contributed by atoms with Crippen molar-refractivity contribution in [2.45, 2.75) is 58.0 Å². The molecule has 0 aromatic heterocycles. The van der Waals surface area contributed by atoms with Gasteiger partial charge in [-0.3, -0.25) is 4.90 Å². The van der Waals surface area contributed by atoms with E-state index in [1.54, 1.807) is 0 Å². The molecule has 112 valence electrons. The largest absolute Gasteiger partial charge is 0.309 e. The van der Waals surface area contributed by atoms with Crippen LogP contribution >= 0.6 is 0 Å². The van der Waals surface area contributed by atoms with E-state index in [9.17, 15) is 0 Å². The maximum atomic E-state index is 3.68. The maximum absolute atomic E-state index is 3.68. The third-order valence-electron chi connectivity index (χ3n) is 5.06. The Morgan fingerprint density at radius 3 is 2.53 bits per heavy atom. The Morgan fingerprint density at radius 2 is 1.89 bits per heavy atom. The van der Waals surface area contributed by atoms with Crippen LogP contribution in [0.4, 0.5) is 0 Å². The molecule has 0 amide bonds. The number of rotatable bonds is 4. The summed E-state index contributed by atoms with van der Waals surface area (Å²) in [7, 11) is 2.25. The van der Waals surface area contributed by atoms with Crippen molar-refractivity contribution < 1.29 is 0 Å². The smallest absolute Gasteiger partial charge is 0.0252 e. The average Bonchev–Trinajstić information content (AvgIpc) is 2.37. The quantitative estimate of drug-likeness (QED) is 0.842. The molecule has 1 N–H and O–H groups in total. The van der Waals surface area contributed by atoms with Crippen molar-refractivity contribution in [3.8, 4) is 0 Å². The van der Waals surface area contributed by atoms with Gasteiger partial charge in [0.25, 0.3) is 0 Å². The first-order valence-corrected chi connectivity index (χ1v) is 8.18. The second-order valence-corrected chi connectivity index (χ2v) is 7.33. The van der Waals surface area contributed by atoms with Crippen LogP contribution in [0.2, 0.25) is 0 Å². The lowest BCUT2D eigenvalue weighted by atomic mass is 9.92. The third kappa shape index (κ3) is 4.44. The molecule has 3 heteroatoms. The standard InChI is InChI=1S/C16H33N3/c1-5-15-12-17-16(2,3)13-19(15)11-8-14-6-9-18(4)10-7-14/h14-15,17H,5-13H2,1-4H3. The Hall–Kier alpha value is -0.120. The zero-order chi connectivity index (χ0) is 13.9. The molecule has 0 aromatic rings. The fraction of sp³-hybridized carbons (Fsp3) is 1.00. The van der Waals surface area contributed by atoms with Gasteiger partial charge in [0.05, 0.1) is 0 Å². The van der Waals surface area contributed by atoms with Crippen molar-refractivity contribution in [3.63, 3.8) is 0 Å². The lowest BCUT2D eigenvalue weighted by Gasteiger charge is -2.45. The van der Waals surface area contributed by atoms with E-state index in [2.05, 4.69) is 42.9 Å². The van der Waals surface area contributed by atoms with Gasteiger partial charge in [-0.2, -0.15) is 0 Å². The zero-order valence-electron chi connectivity index (χ0n) is 13.4. The van der Waals surface area contributed by atoms with Crippen LogP contribution in [0, 0.1) is 5.92 Å². The number of hydrogen-bond acceptors (Lipinski definition) is 3. The molecule has 19 heavy (non-hydrogen) atoms. The fourth-order valence-corrected chi connectivity index (χ4v) is 3.58. The highest BCUT2D eigenvalue weighted by Gasteiger charge is 2.31. The van der Waals surface area contributed by atoms with Gasteiger partial charge in [-0.1, -0.05) is 6.92 Å². The van der Waals surface area contributed by atoms with Crippen molar-refractivity contribution in [2.75, 3.05) is 39.8 Å². The number of piperazine rings is 1. The van der Waals surface area contributed by atoms with E-state index in [1.165, 1.54) is 51.9 Å². The molecule has 2 aliphatic heterocycles. The predicted octanol–water partition coefficient (Wildman–Crippen LogP) is 2.18. The summed E-state index contributed by atoms with van der Waals surface area (Å²) in [6.07, 6.45) is 5.49. The summed E-state index contributed by atoms with van der Waals surface area (Å²) in [4.78, 5) is 5.22. The van der Waals surface area contributed by atoms with Crippen molar-refractivity contribution in [1.82, 2.24) is 15.1 Å². The first kappa shape index (κ1) is 15.3. The fourth-order valence-electron chi connectivity index (χ4n) is 3.58. The van der Waals surface area contributed by atoms with Crippen molar-refractivity contribution >= 4 is 0 Å². The summed E-state index contributed by atoms with van der Waals surface area (Å²) >= 11 is 0. The Kier molecular flexibility index (Phi) is 5.27. The van der Waals surface area contributed by atoms with Crippen molar-refractivity contribution in [1.29, 1.82) is 0 Å². The molecule has 0 radical (unpaired) electrons. The minimum Gasteiger partial charge on any atom is -0.309 e. The van der Waals surface area contributed by atoms with E-state index in [4.69, 9.17) is 0 Å². The van der Waals surface area contributed by atoms with Crippen molar-refractivity contribution in [3.05, 3.63) is 0 Å². The summed E-state index contributed by atoms with van der Waals surface area (Å²) < 4.78 is 0. The van der Waals surface area contributed by atoms with E-state index in [0.29, 0.717) is 5.54 Å². The lowest BCUT2D eigenvalue weighted by molar-refractivity contribution is 0.0814. The maximum Gasteiger partial charge on any atom is 0.0252 e. The van der Waals surface area contributed by atoms with E-state index in [1.807, 2.05) is 0 Å². The molecule has 0 aromatic carbocycles. The normalized spacial score (nSPS) is 30.6. The Balaban J connectivity index is 1.79. The molecule has 0 spiro atoms. The highest BCUT2D eigenvalue weighted by molar-refractivity contribution is 4.92. The van der Waals surface area contributed by atoms with Crippen LogP contribution in [0.25, 0.3) is 0 Å². The monoisotopic (exact) mass is 267 g/mol. The summed E-state index contributed by atoms with van der Waals surface area (Å²) in [5.74, 6) is 0.965. The molecular weight excluding hydrogens is 234 g/mol. The predicted molar refractivity (Wildman–Crippen MR) is 82.6 cm³/mol. The number of nitrogens with zero attached hydrogens (tertiary/aromatic N) is 2. The van der Waals surface area contributed by atoms with Gasteiger partial charge in [-0.05, 0) is 72.1 Å². The summed E-state index contributed by atoms with van der Waals surface area (Å²) in [5.41, 5.74) is 0.290. The highest BCUT2D eigenvalue weighted by Crippen LogP contribution is 2.23. The molecule has 2 heterocycles. The van der Waals surface area contributed by atoms with Crippen LogP contribution in [0.15, 0.2) is 0 Å². The zero-order valence-corrected chi connectivity index (χ0v) is 13.4. The van der Waals surface area contributed by atoms with Crippen LogP contribution in [0.5, 0.6) is 0 Å². The van der Waals surface area contributed by atoms with Crippen LogP contribution in [0.1, 0.15) is 46.5 Å². The molecular formula is C16H33N3. The number of nitrogens with one attached hydrogen (secondary N) is 1. The minimum absolute atomic E-state index is 0.290. The molecule has 0 saturated carbocycles. The molecule has 3 nitrogen and oxygen atoms in total. The summed E-state index contributed by atoms with van der Waals surface area (Å²) in [6, 6.07) is 0.749. The second-order valence-electron chi connectivity index (χ2n) is 7.33. The van der Waals surface area contributed by atoms with Gasteiger partial charge in [0.15, 0.2) is 0 Å². The van der Waals surface area contributed by atoms with Crippen molar-refractivity contribution in [2.24, 2.45) is 5.92 Å². The van der Waals surface area contributed by atoms with Gasteiger partial charge < -0.3 is 10.2 Å². The molecule has 1 unspecified atom stereocenters. The Labute approximate surface area is 119 Å². The second kappa shape index (κ2) is 6.55. The topological polar surface area (TPSA) is 18.5 Å². The van der Waals surface area contributed by atoms with Crippen LogP contribution < -0.4 is 5.32 Å². The Morgan fingerprint density at radius 1 is 1.21 bits per heavy atom. The average molecular weight is 267 g/mol. The SMILES string of the molecule is CCC1CNC(C)(C)CN1CCC1CCN(C)CC1. The van der Waals surface area contributed by atoms with Gasteiger partial charge in [0.2, 0.25) is 0 Å². The van der Waals surface area contributed by atoms with Crippen LogP contribution in [-0.4, -0.2) is 61.2 Å². The lowest BCUT2D eigenvalue weighted by Crippen LogP contribution is -2.61. The molecule has 0 aliphatic carbocycles. The molecule has 1 atom stereocenters. The number of hydrogen-bond donors (Lipinski definition) is 1. The Bertz CT molecular complexity index is 269. The molecule has 2 aliphatic rings. The molecule has 2 saturated heterocycles. The van der Waals surface area contributed by atoms with E-state index < -0.39 is 0 Å². The van der Waals surface area contributed by atoms with Gasteiger partial charge in [-0.25, -0.2) is 0 Å². The number of likely N-dealkylation sites (tertiary alicyclic amines) is 1. The van der Waals surface area contributed by atoms with E-state index in [-0.39, 0.29) is 0 Å². The highest BCUT2D eigenvalue weighted by atomic mass is 15.2. The molecule has 2 rings (SSSR count). The van der Waals surface area contributed by atoms with E-state index >= 15 is 0 Å². The van der Waals surface area contributed by atoms with E-state index in [0.717, 1.165) is 18.5 Å². The number of piperidine rings is 1. The first-order chi connectivity index (χ1) is 9.00. The molecule has 2 fully saturated rings. The summed E-state index contributed by atoms with van der Waals surface area (Å²) in [5, 5.41) is 3.68. The van der Waals surface area contributed by atoms with Gasteiger partial charge in [-0.15, -0.1) is 0 Å². The minimum atomic E-state index is 0.290. The molecule has 0 bridgehead atoms. The first-order valence-electron chi connectivity index (χ1n) is 8.18. The van der Waals surface area contributed by atoms with Crippen LogP contribution in [-0.2, 0) is 0 Å². The summed E-state index contributed by atoms with van der Waals surface area (Å²) in [6.45, 7) is 13.3.